The third-order valence-electron chi connectivity index (χ3n) is 6.45. The molecule has 2 aliphatic rings. The normalized spacial score (nSPS) is 18.0. The van der Waals surface area contributed by atoms with Crippen LogP contribution in [0.3, 0.4) is 0 Å². The average molecular weight is 506 g/mol. The predicted octanol–water partition coefficient (Wildman–Crippen LogP) is 3.44. The second kappa shape index (κ2) is 8.68. The van der Waals surface area contributed by atoms with E-state index in [1.54, 1.807) is 36.7 Å². The minimum atomic E-state index is -4.63. The zero-order valence-corrected chi connectivity index (χ0v) is 19.4. The number of nitrogens with zero attached hydrogens (tertiary/aromatic N) is 4. The molecule has 12 heteroatoms. The van der Waals surface area contributed by atoms with Crippen molar-refractivity contribution in [3.05, 3.63) is 69.9 Å². The van der Waals surface area contributed by atoms with Crippen LogP contribution in [0.25, 0.3) is 5.69 Å². The SMILES string of the molecule is Cc1cn(-c2ccc3n(c2=O)CCN([C@@H](C)COc2ccc(F)c4c2C(C(F)(F)F)CO4)C3=O)cn1. The van der Waals surface area contributed by atoms with Gasteiger partial charge in [0, 0.05) is 19.3 Å². The van der Waals surface area contributed by atoms with Gasteiger partial charge in [-0.1, -0.05) is 0 Å². The number of hydrogen-bond donors (Lipinski definition) is 0. The first-order valence-corrected chi connectivity index (χ1v) is 11.3. The van der Waals surface area contributed by atoms with Gasteiger partial charge in [0.05, 0.1) is 23.6 Å². The molecule has 0 N–H and O–H groups in total. The van der Waals surface area contributed by atoms with Crippen molar-refractivity contribution in [1.82, 2.24) is 19.0 Å². The molecule has 1 aromatic carbocycles. The summed E-state index contributed by atoms with van der Waals surface area (Å²) in [6.45, 7) is 3.08. The first-order chi connectivity index (χ1) is 17.1. The number of ether oxygens (including phenoxy) is 2. The fraction of sp³-hybridized carbons (Fsp3) is 0.375. The lowest BCUT2D eigenvalue weighted by Gasteiger charge is -2.34. The van der Waals surface area contributed by atoms with Gasteiger partial charge in [-0.05, 0) is 38.1 Å². The molecule has 2 aliphatic heterocycles. The lowest BCUT2D eigenvalue weighted by atomic mass is 9.99. The zero-order valence-electron chi connectivity index (χ0n) is 19.4. The van der Waals surface area contributed by atoms with Gasteiger partial charge < -0.3 is 23.5 Å². The summed E-state index contributed by atoms with van der Waals surface area (Å²) in [7, 11) is 0. The maximum absolute atomic E-state index is 14.1. The summed E-state index contributed by atoms with van der Waals surface area (Å²) in [5.41, 5.74) is 0.601. The van der Waals surface area contributed by atoms with Gasteiger partial charge in [0.2, 0.25) is 0 Å². The van der Waals surface area contributed by atoms with Crippen LogP contribution in [-0.4, -0.2) is 56.9 Å². The summed E-state index contributed by atoms with van der Waals surface area (Å²) in [6.07, 6.45) is -1.40. The summed E-state index contributed by atoms with van der Waals surface area (Å²) >= 11 is 0. The summed E-state index contributed by atoms with van der Waals surface area (Å²) in [5, 5.41) is 0. The molecule has 2 atom stereocenters. The Balaban J connectivity index is 1.34. The smallest absolute Gasteiger partial charge is 0.399 e. The number of benzene rings is 1. The second-order valence-corrected chi connectivity index (χ2v) is 8.84. The molecule has 0 radical (unpaired) electrons. The molecule has 0 saturated heterocycles. The number of alkyl halides is 3. The van der Waals surface area contributed by atoms with Crippen LogP contribution in [0.4, 0.5) is 17.6 Å². The highest BCUT2D eigenvalue weighted by Crippen LogP contribution is 2.49. The number of halogens is 4. The molecule has 1 amide bonds. The number of rotatable bonds is 5. The Morgan fingerprint density at radius 1 is 1.19 bits per heavy atom. The molecule has 3 aromatic rings. The number of aryl methyl sites for hydroxylation is 1. The number of carbonyl (C=O) groups excluding carboxylic acids is 1. The minimum absolute atomic E-state index is 0.134. The molecule has 1 unspecified atom stereocenters. The van der Waals surface area contributed by atoms with Crippen LogP contribution in [0.2, 0.25) is 0 Å². The van der Waals surface area contributed by atoms with Gasteiger partial charge >= 0.3 is 6.18 Å². The van der Waals surface area contributed by atoms with Crippen molar-refractivity contribution in [2.45, 2.75) is 38.5 Å². The quantitative estimate of drug-likeness (QED) is 0.496. The lowest BCUT2D eigenvalue weighted by Crippen LogP contribution is -2.50. The summed E-state index contributed by atoms with van der Waals surface area (Å²) in [5.74, 6) is -3.90. The van der Waals surface area contributed by atoms with E-state index in [-0.39, 0.29) is 42.3 Å². The molecule has 2 aromatic heterocycles. The molecule has 5 rings (SSSR count). The average Bonchev–Trinajstić information content (AvgIpc) is 3.47. The van der Waals surface area contributed by atoms with E-state index in [4.69, 9.17) is 9.47 Å². The minimum Gasteiger partial charge on any atom is -0.491 e. The molecule has 0 bridgehead atoms. The van der Waals surface area contributed by atoms with Gasteiger partial charge in [-0.3, -0.25) is 9.59 Å². The van der Waals surface area contributed by atoms with Crippen molar-refractivity contribution >= 4 is 5.91 Å². The van der Waals surface area contributed by atoms with Crippen LogP contribution in [0.1, 0.15) is 34.6 Å². The maximum atomic E-state index is 14.1. The fourth-order valence-corrected chi connectivity index (χ4v) is 4.57. The van der Waals surface area contributed by atoms with Crippen LogP contribution in [0.15, 0.2) is 41.6 Å². The second-order valence-electron chi connectivity index (χ2n) is 8.84. The molecule has 0 spiro atoms. The largest absolute Gasteiger partial charge is 0.491 e. The highest BCUT2D eigenvalue weighted by Gasteiger charge is 2.48. The molecule has 8 nitrogen and oxygen atoms in total. The van der Waals surface area contributed by atoms with Gasteiger partial charge in [-0.15, -0.1) is 0 Å². The van der Waals surface area contributed by atoms with Crippen LogP contribution in [0.5, 0.6) is 11.5 Å². The lowest BCUT2D eigenvalue weighted by molar-refractivity contribution is -0.152. The first kappa shape index (κ1) is 23.9. The Bertz CT molecular complexity index is 1400. The highest BCUT2D eigenvalue weighted by atomic mass is 19.4. The molecule has 36 heavy (non-hydrogen) atoms. The van der Waals surface area contributed by atoms with Gasteiger partial charge in [0.1, 0.15) is 36.3 Å². The Morgan fingerprint density at radius 2 is 1.97 bits per heavy atom. The molecular weight excluding hydrogens is 484 g/mol. The van der Waals surface area contributed by atoms with Gasteiger partial charge in [0.25, 0.3) is 11.5 Å². The van der Waals surface area contributed by atoms with E-state index in [0.717, 1.165) is 17.8 Å². The molecular formula is C24H22F4N4O4. The van der Waals surface area contributed by atoms with Crippen molar-refractivity contribution in [3.63, 3.8) is 0 Å². The Morgan fingerprint density at radius 3 is 2.67 bits per heavy atom. The monoisotopic (exact) mass is 506 g/mol. The van der Waals surface area contributed by atoms with Crippen LogP contribution in [-0.2, 0) is 6.54 Å². The molecule has 190 valence electrons. The van der Waals surface area contributed by atoms with E-state index in [9.17, 15) is 27.2 Å². The number of aromatic nitrogens is 3. The van der Waals surface area contributed by atoms with E-state index in [2.05, 4.69) is 4.98 Å². The van der Waals surface area contributed by atoms with Crippen molar-refractivity contribution in [1.29, 1.82) is 0 Å². The number of imidazole rings is 1. The first-order valence-electron chi connectivity index (χ1n) is 11.3. The molecule has 4 heterocycles. The Hall–Kier alpha value is -3.83. The summed E-state index contributed by atoms with van der Waals surface area (Å²) in [6, 6.07) is 4.71. The highest BCUT2D eigenvalue weighted by molar-refractivity contribution is 5.93. The van der Waals surface area contributed by atoms with Crippen LogP contribution >= 0.6 is 0 Å². The summed E-state index contributed by atoms with van der Waals surface area (Å²) < 4.78 is 68.1. The van der Waals surface area contributed by atoms with Crippen molar-refractivity contribution < 1.29 is 31.8 Å². The zero-order chi connectivity index (χ0) is 25.8. The van der Waals surface area contributed by atoms with E-state index >= 15 is 0 Å². The van der Waals surface area contributed by atoms with Crippen molar-refractivity contribution in [2.75, 3.05) is 19.8 Å². The van der Waals surface area contributed by atoms with Crippen LogP contribution in [0, 0.1) is 12.7 Å². The molecule has 0 aliphatic carbocycles. The maximum Gasteiger partial charge on any atom is 0.399 e. The molecule has 0 saturated carbocycles. The number of carbonyl (C=O) groups is 1. The number of amides is 1. The predicted molar refractivity (Wildman–Crippen MR) is 119 cm³/mol. The van der Waals surface area contributed by atoms with E-state index in [1.165, 1.54) is 15.8 Å². The van der Waals surface area contributed by atoms with Gasteiger partial charge in [-0.2, -0.15) is 13.2 Å². The van der Waals surface area contributed by atoms with Crippen molar-refractivity contribution in [3.8, 4) is 17.2 Å². The van der Waals surface area contributed by atoms with E-state index in [0.29, 0.717) is 5.69 Å². The Kier molecular flexibility index (Phi) is 5.76. The third kappa shape index (κ3) is 3.99. The summed E-state index contributed by atoms with van der Waals surface area (Å²) in [4.78, 5) is 31.8. The van der Waals surface area contributed by atoms with E-state index in [1.807, 2.05) is 0 Å². The Labute approximate surface area is 202 Å². The fourth-order valence-electron chi connectivity index (χ4n) is 4.57. The molecule has 0 fully saturated rings. The van der Waals surface area contributed by atoms with Gasteiger partial charge in [0.15, 0.2) is 11.6 Å². The van der Waals surface area contributed by atoms with Crippen molar-refractivity contribution in [2.24, 2.45) is 0 Å². The van der Waals surface area contributed by atoms with Crippen LogP contribution < -0.4 is 15.0 Å². The topological polar surface area (TPSA) is 78.6 Å². The number of fused-ring (bicyclic) bond motifs is 2. The third-order valence-corrected chi connectivity index (χ3v) is 6.45. The number of pyridine rings is 1. The van der Waals surface area contributed by atoms with Gasteiger partial charge in [-0.25, -0.2) is 9.37 Å². The standard InChI is InChI=1S/C24H22F4N4O4/c1-13-9-30(12-29-13)17-4-5-18-23(34)31(7-8-32(18)22(17)33)14(2)10-35-19-6-3-16(25)21-20(19)15(11-36-21)24(26,27)28/h3-6,9,12,14-15H,7-8,10-11H2,1-2H3/t14-,15?/m0/s1. The van der Waals surface area contributed by atoms with E-state index < -0.39 is 42.2 Å². The number of hydrogen-bond acceptors (Lipinski definition) is 5.